The van der Waals surface area contributed by atoms with Crippen LogP contribution in [0.15, 0.2) is 54.6 Å². The Kier molecular flexibility index (Phi) is 4.74. The van der Waals surface area contributed by atoms with E-state index in [1.165, 1.54) is 28.9 Å². The minimum absolute atomic E-state index is 0.201. The molecule has 0 radical (unpaired) electrons. The van der Waals surface area contributed by atoms with Crippen LogP contribution in [-0.2, 0) is 6.54 Å². The number of rotatable bonds is 5. The first kappa shape index (κ1) is 17.3. The van der Waals surface area contributed by atoms with Crippen LogP contribution in [0.3, 0.4) is 0 Å². The Balaban J connectivity index is 1.86. The summed E-state index contributed by atoms with van der Waals surface area (Å²) in [6.07, 6.45) is 0. The van der Waals surface area contributed by atoms with Crippen molar-refractivity contribution in [1.29, 1.82) is 0 Å². The highest BCUT2D eigenvalue weighted by molar-refractivity contribution is 6.05. The van der Waals surface area contributed by atoms with Crippen LogP contribution in [-0.4, -0.2) is 20.6 Å². The van der Waals surface area contributed by atoms with Crippen molar-refractivity contribution in [3.05, 3.63) is 87.3 Å². The lowest BCUT2D eigenvalue weighted by Gasteiger charge is -2.10. The van der Waals surface area contributed by atoms with Crippen molar-refractivity contribution in [1.82, 2.24) is 9.78 Å². The highest BCUT2D eigenvalue weighted by Crippen LogP contribution is 2.17. The van der Waals surface area contributed by atoms with Crippen molar-refractivity contribution in [3.63, 3.8) is 0 Å². The maximum Gasteiger partial charge on any atom is 0.390 e. The zero-order valence-corrected chi connectivity index (χ0v) is 13.8. The Morgan fingerprint density at radius 1 is 1.23 bits per heavy atom. The third-order valence-corrected chi connectivity index (χ3v) is 3.82. The van der Waals surface area contributed by atoms with Gasteiger partial charge in [0.2, 0.25) is 0 Å². The predicted molar refractivity (Wildman–Crippen MR) is 93.5 cm³/mol. The normalized spacial score (nSPS) is 10.5. The number of nitrogens with one attached hydrogen (secondary N) is 1. The lowest BCUT2D eigenvalue weighted by atomic mass is 10.1. The first-order valence-corrected chi connectivity index (χ1v) is 7.77. The molecule has 7 nitrogen and oxygen atoms in total. The monoisotopic (exact) mass is 354 g/mol. The number of nitrogens with zero attached hydrogens (tertiary/aromatic N) is 3. The largest absolute Gasteiger partial charge is 0.390 e. The smallest absolute Gasteiger partial charge is 0.358 e. The molecule has 0 atom stereocenters. The van der Waals surface area contributed by atoms with E-state index >= 15 is 0 Å². The van der Waals surface area contributed by atoms with Crippen molar-refractivity contribution >= 4 is 17.4 Å². The van der Waals surface area contributed by atoms with Crippen LogP contribution >= 0.6 is 0 Å². The van der Waals surface area contributed by atoms with Crippen molar-refractivity contribution in [2.75, 3.05) is 5.32 Å². The number of amides is 1. The molecule has 0 aliphatic heterocycles. The minimum atomic E-state index is -0.563. The number of hydrogen-bond donors (Lipinski definition) is 1. The highest BCUT2D eigenvalue weighted by atomic mass is 19.1. The van der Waals surface area contributed by atoms with Gasteiger partial charge in [-0.25, -0.2) is 4.39 Å². The molecule has 26 heavy (non-hydrogen) atoms. The molecular weight excluding hydrogens is 339 g/mol. The third-order valence-electron chi connectivity index (χ3n) is 3.82. The van der Waals surface area contributed by atoms with Gasteiger partial charge in [-0.2, -0.15) is 4.68 Å². The van der Waals surface area contributed by atoms with E-state index in [-0.39, 0.29) is 12.4 Å². The molecule has 0 saturated heterocycles. The summed E-state index contributed by atoms with van der Waals surface area (Å²) in [7, 11) is 0. The molecule has 3 rings (SSSR count). The van der Waals surface area contributed by atoms with Crippen LogP contribution in [0.25, 0.3) is 0 Å². The van der Waals surface area contributed by atoms with Gasteiger partial charge in [-0.15, -0.1) is 0 Å². The van der Waals surface area contributed by atoms with Gasteiger partial charge in [0, 0.05) is 11.3 Å². The van der Waals surface area contributed by atoms with E-state index in [2.05, 4.69) is 10.4 Å². The number of carbonyl (C=O) groups excluding carboxylic acids is 1. The van der Waals surface area contributed by atoms with Crippen LogP contribution in [0.5, 0.6) is 0 Å². The second-order valence-electron chi connectivity index (χ2n) is 5.68. The van der Waals surface area contributed by atoms with Crippen molar-refractivity contribution in [2.24, 2.45) is 0 Å². The summed E-state index contributed by atoms with van der Waals surface area (Å²) in [5.41, 5.74) is 1.98. The molecule has 1 heterocycles. The molecule has 1 N–H and O–H groups in total. The number of aryl methyl sites for hydroxylation is 1. The second-order valence-corrected chi connectivity index (χ2v) is 5.68. The van der Waals surface area contributed by atoms with Gasteiger partial charge in [0.05, 0.1) is 23.4 Å². The van der Waals surface area contributed by atoms with E-state index in [1.807, 2.05) is 0 Å². The molecule has 0 saturated carbocycles. The number of carbonyl (C=O) groups is 1. The Morgan fingerprint density at radius 3 is 2.69 bits per heavy atom. The van der Waals surface area contributed by atoms with Crippen LogP contribution in [0.1, 0.15) is 21.6 Å². The SMILES string of the molecule is Cc1cc([N+](=O)[O-])nn1Cc1ccccc1C(=O)Nc1cccc(F)c1. The Morgan fingerprint density at radius 2 is 2.00 bits per heavy atom. The fourth-order valence-electron chi connectivity index (χ4n) is 2.55. The third kappa shape index (κ3) is 3.75. The van der Waals surface area contributed by atoms with Gasteiger partial charge in [-0.1, -0.05) is 24.3 Å². The average molecular weight is 354 g/mol. The summed E-state index contributed by atoms with van der Waals surface area (Å²) in [4.78, 5) is 22.9. The lowest BCUT2D eigenvalue weighted by molar-refractivity contribution is -0.389. The molecule has 1 aromatic heterocycles. The standard InChI is InChI=1S/C18H15FN4O3/c1-12-9-17(23(25)26)21-22(12)11-13-5-2-3-8-16(13)18(24)20-15-7-4-6-14(19)10-15/h2-10H,11H2,1H3,(H,20,24). The first-order valence-electron chi connectivity index (χ1n) is 7.77. The lowest BCUT2D eigenvalue weighted by Crippen LogP contribution is -2.16. The van der Waals surface area contributed by atoms with Crippen molar-refractivity contribution < 1.29 is 14.1 Å². The van der Waals surface area contributed by atoms with Crippen LogP contribution in [0, 0.1) is 22.9 Å². The molecule has 0 unspecified atom stereocenters. The Bertz CT molecular complexity index is 984. The summed E-state index contributed by atoms with van der Waals surface area (Å²) >= 11 is 0. The molecule has 8 heteroatoms. The van der Waals surface area contributed by atoms with Gasteiger partial charge < -0.3 is 15.4 Å². The van der Waals surface area contributed by atoms with Crippen LogP contribution in [0.4, 0.5) is 15.9 Å². The zero-order valence-electron chi connectivity index (χ0n) is 13.8. The molecule has 0 fully saturated rings. The van der Waals surface area contributed by atoms with E-state index < -0.39 is 16.6 Å². The number of anilines is 1. The number of hydrogen-bond acceptors (Lipinski definition) is 4. The van der Waals surface area contributed by atoms with Gasteiger partial charge in [0.1, 0.15) is 5.82 Å². The molecule has 132 valence electrons. The predicted octanol–water partition coefficient (Wildman–Crippen LogP) is 3.54. The average Bonchev–Trinajstić information content (AvgIpc) is 2.96. The summed E-state index contributed by atoms with van der Waals surface area (Å²) < 4.78 is 14.7. The minimum Gasteiger partial charge on any atom is -0.358 e. The van der Waals surface area contributed by atoms with Gasteiger partial charge in [0.25, 0.3) is 5.91 Å². The van der Waals surface area contributed by atoms with E-state index in [1.54, 1.807) is 37.3 Å². The van der Waals surface area contributed by atoms with Gasteiger partial charge in [0.15, 0.2) is 0 Å². The number of benzene rings is 2. The van der Waals surface area contributed by atoms with Gasteiger partial charge >= 0.3 is 5.82 Å². The number of halogens is 1. The maximum atomic E-state index is 13.3. The fourth-order valence-corrected chi connectivity index (χ4v) is 2.55. The quantitative estimate of drug-likeness (QED) is 0.560. The van der Waals surface area contributed by atoms with E-state index in [9.17, 15) is 19.3 Å². The second kappa shape index (κ2) is 7.14. The van der Waals surface area contributed by atoms with Crippen LogP contribution in [0.2, 0.25) is 0 Å². The van der Waals surface area contributed by atoms with Crippen LogP contribution < -0.4 is 5.32 Å². The van der Waals surface area contributed by atoms with Gasteiger partial charge in [-0.3, -0.25) is 4.79 Å². The molecule has 2 aromatic carbocycles. The van der Waals surface area contributed by atoms with E-state index in [0.717, 1.165) is 0 Å². The molecule has 3 aromatic rings. The van der Waals surface area contributed by atoms with Crippen molar-refractivity contribution in [2.45, 2.75) is 13.5 Å². The van der Waals surface area contributed by atoms with E-state index in [0.29, 0.717) is 22.5 Å². The maximum absolute atomic E-state index is 13.3. The fraction of sp³-hybridized carbons (Fsp3) is 0.111. The first-order chi connectivity index (χ1) is 12.4. The Labute approximate surface area is 148 Å². The van der Waals surface area contributed by atoms with Gasteiger partial charge in [-0.05, 0) is 41.7 Å². The molecular formula is C18H15FN4O3. The molecule has 0 aliphatic carbocycles. The molecule has 0 spiro atoms. The summed E-state index contributed by atoms with van der Waals surface area (Å²) in [5.74, 6) is -1.09. The highest BCUT2D eigenvalue weighted by Gasteiger charge is 2.18. The summed E-state index contributed by atoms with van der Waals surface area (Å²) in [5, 5.41) is 17.4. The van der Waals surface area contributed by atoms with E-state index in [4.69, 9.17) is 0 Å². The Hall–Kier alpha value is -3.55. The summed E-state index contributed by atoms with van der Waals surface area (Å²) in [6, 6.07) is 13.8. The summed E-state index contributed by atoms with van der Waals surface area (Å²) in [6.45, 7) is 1.90. The van der Waals surface area contributed by atoms with Crippen molar-refractivity contribution in [3.8, 4) is 0 Å². The molecule has 0 bridgehead atoms. The molecule has 1 amide bonds. The molecule has 0 aliphatic rings. The number of nitro groups is 1. The zero-order chi connectivity index (χ0) is 18.7. The topological polar surface area (TPSA) is 90.1 Å². The number of aromatic nitrogens is 2.